The van der Waals surface area contributed by atoms with E-state index >= 15 is 0 Å². The maximum Gasteiger partial charge on any atom is 0.286 e. The Morgan fingerprint density at radius 2 is 1.69 bits per heavy atom. The summed E-state index contributed by atoms with van der Waals surface area (Å²) in [5, 5.41) is 11.9. The first-order valence-electron chi connectivity index (χ1n) is 5.16. The van der Waals surface area contributed by atoms with Crippen molar-refractivity contribution in [3.63, 3.8) is 0 Å². The molecule has 0 saturated heterocycles. The van der Waals surface area contributed by atoms with Gasteiger partial charge >= 0.3 is 0 Å². The zero-order valence-electron chi connectivity index (χ0n) is 9.87. The standard InChI is InChI=1S/C12H14N2O2/c1-7-5-11-12(6-8(7)2)14(16)10(4)9(3)13(11)15/h5-6H,1-4H3. The summed E-state index contributed by atoms with van der Waals surface area (Å²) in [4.78, 5) is 11.9. The Labute approximate surface area is 93.3 Å². The lowest BCUT2D eigenvalue weighted by Gasteiger charge is -2.16. The zero-order valence-corrected chi connectivity index (χ0v) is 9.87. The summed E-state index contributed by atoms with van der Waals surface area (Å²) >= 11 is 0. The molecule has 0 aliphatic heterocycles. The molecule has 0 unspecified atom stereocenters. The molecule has 4 heteroatoms. The Morgan fingerprint density at radius 1 is 1.12 bits per heavy atom. The van der Waals surface area contributed by atoms with Gasteiger partial charge in [-0.3, -0.25) is 0 Å². The number of aryl methyl sites for hydroxylation is 2. The van der Waals surface area contributed by atoms with Crippen molar-refractivity contribution in [1.29, 1.82) is 0 Å². The second kappa shape index (κ2) is 3.33. The highest BCUT2D eigenvalue weighted by Crippen LogP contribution is 2.18. The third-order valence-corrected chi connectivity index (χ3v) is 3.16. The van der Waals surface area contributed by atoms with E-state index < -0.39 is 0 Å². The maximum absolute atomic E-state index is 11.9. The second-order valence-corrected chi connectivity index (χ2v) is 4.18. The quantitative estimate of drug-likeness (QED) is 0.636. The lowest BCUT2D eigenvalue weighted by Crippen LogP contribution is -2.24. The first kappa shape index (κ1) is 10.7. The van der Waals surface area contributed by atoms with E-state index in [0.717, 1.165) is 20.3 Å². The van der Waals surface area contributed by atoms with Crippen LogP contribution in [0.4, 0.5) is 0 Å². The van der Waals surface area contributed by atoms with E-state index in [0.29, 0.717) is 22.4 Å². The van der Waals surface area contributed by atoms with Crippen LogP contribution in [-0.4, -0.2) is 4.73 Å². The lowest BCUT2D eigenvalue weighted by molar-refractivity contribution is -0.473. The van der Waals surface area contributed by atoms with Gasteiger partial charge in [-0.15, -0.1) is 0 Å². The first-order chi connectivity index (χ1) is 7.43. The summed E-state index contributed by atoms with van der Waals surface area (Å²) in [6.07, 6.45) is 0. The highest BCUT2D eigenvalue weighted by atomic mass is 16.5. The van der Waals surface area contributed by atoms with Gasteiger partial charge in [0.05, 0.1) is 10.1 Å². The fourth-order valence-electron chi connectivity index (χ4n) is 1.77. The van der Waals surface area contributed by atoms with Crippen LogP contribution in [0, 0.1) is 37.8 Å². The van der Waals surface area contributed by atoms with Gasteiger partial charge in [-0.05, 0) is 38.0 Å². The van der Waals surface area contributed by atoms with Crippen LogP contribution in [0.3, 0.4) is 0 Å². The van der Waals surface area contributed by atoms with Gasteiger partial charge in [0.2, 0.25) is 0 Å². The molecule has 0 aliphatic rings. The van der Waals surface area contributed by atoms with Crippen LogP contribution in [0.15, 0.2) is 12.1 Å². The van der Waals surface area contributed by atoms with E-state index in [2.05, 4.69) is 0 Å². The molecule has 0 radical (unpaired) electrons. The average molecular weight is 218 g/mol. The number of aromatic nitrogens is 2. The van der Waals surface area contributed by atoms with E-state index in [4.69, 9.17) is 0 Å². The van der Waals surface area contributed by atoms with Crippen molar-refractivity contribution in [2.24, 2.45) is 0 Å². The summed E-state index contributed by atoms with van der Waals surface area (Å²) in [7, 11) is 0. The molecule has 2 rings (SSSR count). The van der Waals surface area contributed by atoms with Crippen LogP contribution in [0.5, 0.6) is 0 Å². The Balaban J connectivity index is 3.09. The van der Waals surface area contributed by atoms with Crippen molar-refractivity contribution in [2.45, 2.75) is 27.7 Å². The minimum absolute atomic E-state index is 0.432. The normalized spacial score (nSPS) is 11.0. The highest BCUT2D eigenvalue weighted by molar-refractivity contribution is 5.74. The van der Waals surface area contributed by atoms with Crippen molar-refractivity contribution in [3.05, 3.63) is 44.8 Å². The fraction of sp³-hybridized carbons (Fsp3) is 0.333. The predicted octanol–water partition coefficient (Wildman–Crippen LogP) is 2.14. The van der Waals surface area contributed by atoms with Crippen LogP contribution in [0.2, 0.25) is 0 Å². The fourth-order valence-corrected chi connectivity index (χ4v) is 1.77. The molecule has 0 bridgehead atoms. The predicted molar refractivity (Wildman–Crippen MR) is 63.0 cm³/mol. The molecular weight excluding hydrogens is 204 g/mol. The zero-order chi connectivity index (χ0) is 12.0. The van der Waals surface area contributed by atoms with E-state index in [9.17, 15) is 10.1 Å². The third-order valence-electron chi connectivity index (χ3n) is 3.16. The molecule has 0 N–H and O–H groups in total. The Bertz CT molecular complexity index is 642. The molecule has 0 saturated carbocycles. The Morgan fingerprint density at radius 3 is 2.31 bits per heavy atom. The van der Waals surface area contributed by atoms with E-state index in [-0.39, 0.29) is 0 Å². The van der Waals surface area contributed by atoms with Gasteiger partial charge in [0.15, 0.2) is 0 Å². The number of hydrogen-bond donors (Lipinski definition) is 0. The van der Waals surface area contributed by atoms with Crippen LogP contribution in [0.25, 0.3) is 11.0 Å². The Kier molecular flexibility index (Phi) is 2.22. The number of fused-ring (bicyclic) bond motifs is 1. The smallest absolute Gasteiger partial charge is 0.286 e. The average Bonchev–Trinajstić information content (AvgIpc) is 2.26. The minimum atomic E-state index is 0.432. The SMILES string of the molecule is Cc1cc2c(cc1C)[n+](=O)c(C)c(C)n2[O-]. The summed E-state index contributed by atoms with van der Waals surface area (Å²) in [5.41, 5.74) is 3.79. The molecule has 0 amide bonds. The van der Waals surface area contributed by atoms with Gasteiger partial charge in [-0.1, -0.05) is 0 Å². The minimum Gasteiger partial charge on any atom is -0.805 e. The van der Waals surface area contributed by atoms with Gasteiger partial charge < -0.3 is 9.94 Å². The molecule has 2 aromatic rings. The molecule has 0 atom stereocenters. The molecule has 0 spiro atoms. The summed E-state index contributed by atoms with van der Waals surface area (Å²) in [6.45, 7) is 7.18. The van der Waals surface area contributed by atoms with Crippen LogP contribution < -0.4 is 4.43 Å². The molecule has 0 fully saturated rings. The molecule has 84 valence electrons. The van der Waals surface area contributed by atoms with Crippen molar-refractivity contribution in [3.8, 4) is 0 Å². The van der Waals surface area contributed by atoms with Crippen molar-refractivity contribution < 1.29 is 4.43 Å². The van der Waals surface area contributed by atoms with Crippen LogP contribution >= 0.6 is 0 Å². The van der Waals surface area contributed by atoms with Crippen LogP contribution in [-0.2, 0) is 0 Å². The largest absolute Gasteiger partial charge is 0.805 e. The van der Waals surface area contributed by atoms with Gasteiger partial charge in [-0.2, -0.15) is 0 Å². The van der Waals surface area contributed by atoms with Crippen molar-refractivity contribution >= 4 is 11.0 Å². The summed E-state index contributed by atoms with van der Waals surface area (Å²) in [5.74, 6) is 0. The number of rotatable bonds is 0. The number of benzene rings is 1. The molecule has 4 nitrogen and oxygen atoms in total. The van der Waals surface area contributed by atoms with Crippen molar-refractivity contribution in [1.82, 2.24) is 4.73 Å². The molecule has 1 aromatic carbocycles. The maximum atomic E-state index is 11.9. The van der Waals surface area contributed by atoms with Crippen LogP contribution in [0.1, 0.15) is 22.5 Å². The Hall–Kier alpha value is -1.84. The monoisotopic (exact) mass is 218 g/mol. The molecule has 1 heterocycles. The van der Waals surface area contributed by atoms with Gasteiger partial charge in [0.1, 0.15) is 5.52 Å². The first-order valence-corrected chi connectivity index (χ1v) is 5.16. The summed E-state index contributed by atoms with van der Waals surface area (Å²) in [6, 6.07) is 3.52. The van der Waals surface area contributed by atoms with E-state index in [1.54, 1.807) is 26.0 Å². The van der Waals surface area contributed by atoms with E-state index in [1.807, 2.05) is 13.8 Å². The number of nitrogens with zero attached hydrogens (tertiary/aromatic N) is 2. The molecule has 1 aromatic heterocycles. The topological polar surface area (TPSA) is 51.0 Å². The third kappa shape index (κ3) is 1.30. The molecule has 16 heavy (non-hydrogen) atoms. The highest BCUT2D eigenvalue weighted by Gasteiger charge is 2.16. The van der Waals surface area contributed by atoms with Crippen molar-refractivity contribution in [2.75, 3.05) is 0 Å². The second-order valence-electron chi connectivity index (χ2n) is 4.18. The number of hydrogen-bond acceptors (Lipinski definition) is 2. The van der Waals surface area contributed by atoms with E-state index in [1.165, 1.54) is 0 Å². The van der Waals surface area contributed by atoms with Gasteiger partial charge in [0.25, 0.3) is 11.2 Å². The lowest BCUT2D eigenvalue weighted by atomic mass is 10.1. The van der Waals surface area contributed by atoms with Gasteiger partial charge in [-0.25, -0.2) is 0 Å². The molecule has 0 aliphatic carbocycles. The summed E-state index contributed by atoms with van der Waals surface area (Å²) < 4.78 is 1.65. The van der Waals surface area contributed by atoms with Gasteiger partial charge in [0, 0.05) is 17.9 Å². The molecular formula is C12H14N2O2.